The molecule has 188 valence electrons. The molecule has 0 saturated carbocycles. The maximum Gasteiger partial charge on any atom is 0.324 e. The number of urea groups is 1. The average Bonchev–Trinajstić information content (AvgIpc) is 3.12. The van der Waals surface area contributed by atoms with Crippen molar-refractivity contribution in [3.05, 3.63) is 54.6 Å². The number of anilines is 1. The molecule has 3 aliphatic rings. The highest BCUT2D eigenvalue weighted by atomic mass is 16.6. The highest BCUT2D eigenvalue weighted by Gasteiger charge is 2.42. The predicted octanol–water partition coefficient (Wildman–Crippen LogP) is 5.43. The molecular weight excluding hydrogens is 438 g/mol. The predicted molar refractivity (Wildman–Crippen MR) is 139 cm³/mol. The standard InChI is InChI=1S/C29H39N3O3/c1-3-30(29(33)31(4-2)23-10-6-5-7-11-23)17-16-22-18-24-14-15-25(19-22)32(24)20-26-21-34-27-12-8-9-13-28(27)35-26/h5-13,22,24-26H,3-4,14-21H2,1-2H3. The quantitative estimate of drug-likeness (QED) is 0.509. The Hall–Kier alpha value is -2.73. The molecule has 3 atom stereocenters. The van der Waals surface area contributed by atoms with Crippen molar-refractivity contribution in [2.75, 3.05) is 37.7 Å². The van der Waals surface area contributed by atoms with Gasteiger partial charge < -0.3 is 14.4 Å². The Kier molecular flexibility index (Phi) is 7.47. The molecule has 3 aliphatic heterocycles. The van der Waals surface area contributed by atoms with E-state index in [1.165, 1.54) is 25.7 Å². The van der Waals surface area contributed by atoms with Crippen molar-refractivity contribution in [1.29, 1.82) is 0 Å². The Bertz CT molecular complexity index is 970. The van der Waals surface area contributed by atoms with Crippen molar-refractivity contribution in [2.24, 2.45) is 5.92 Å². The van der Waals surface area contributed by atoms with Gasteiger partial charge in [-0.1, -0.05) is 30.3 Å². The molecule has 2 aromatic carbocycles. The minimum absolute atomic E-state index is 0.0933. The zero-order valence-electron chi connectivity index (χ0n) is 21.1. The van der Waals surface area contributed by atoms with E-state index in [0.29, 0.717) is 31.2 Å². The molecule has 6 nitrogen and oxygen atoms in total. The molecular formula is C29H39N3O3. The van der Waals surface area contributed by atoms with Crippen LogP contribution in [0.2, 0.25) is 0 Å². The third-order valence-corrected chi connectivity index (χ3v) is 8.04. The Balaban J connectivity index is 1.14. The first-order chi connectivity index (χ1) is 17.2. The number of para-hydroxylation sites is 3. The summed E-state index contributed by atoms with van der Waals surface area (Å²) in [6.07, 6.45) is 6.18. The summed E-state index contributed by atoms with van der Waals surface area (Å²) in [6, 6.07) is 19.4. The molecule has 0 aliphatic carbocycles. The highest BCUT2D eigenvalue weighted by Crippen LogP contribution is 2.41. The number of piperidine rings is 1. The van der Waals surface area contributed by atoms with Crippen LogP contribution in [0.4, 0.5) is 10.5 Å². The van der Waals surface area contributed by atoms with E-state index in [2.05, 4.69) is 11.8 Å². The molecule has 2 saturated heterocycles. The Morgan fingerprint density at radius 3 is 2.31 bits per heavy atom. The van der Waals surface area contributed by atoms with Crippen molar-refractivity contribution >= 4 is 11.7 Å². The third-order valence-electron chi connectivity index (χ3n) is 8.04. The van der Waals surface area contributed by atoms with Crippen molar-refractivity contribution < 1.29 is 14.3 Å². The van der Waals surface area contributed by atoms with Crippen LogP contribution in [-0.2, 0) is 0 Å². The Morgan fingerprint density at radius 1 is 0.943 bits per heavy atom. The molecule has 2 amide bonds. The molecule has 0 N–H and O–H groups in total. The molecule has 2 bridgehead atoms. The number of amides is 2. The number of benzene rings is 2. The van der Waals surface area contributed by atoms with Crippen LogP contribution in [0.5, 0.6) is 11.5 Å². The Morgan fingerprint density at radius 2 is 1.63 bits per heavy atom. The van der Waals surface area contributed by atoms with Crippen LogP contribution < -0.4 is 14.4 Å². The summed E-state index contributed by atoms with van der Waals surface area (Å²) >= 11 is 0. The van der Waals surface area contributed by atoms with Gasteiger partial charge in [0, 0.05) is 44.0 Å². The van der Waals surface area contributed by atoms with Crippen LogP contribution >= 0.6 is 0 Å². The van der Waals surface area contributed by atoms with Crippen molar-refractivity contribution in [3.8, 4) is 11.5 Å². The van der Waals surface area contributed by atoms with Gasteiger partial charge in [-0.25, -0.2) is 4.79 Å². The van der Waals surface area contributed by atoms with Crippen molar-refractivity contribution in [1.82, 2.24) is 9.80 Å². The van der Waals surface area contributed by atoms with Gasteiger partial charge in [0.05, 0.1) is 0 Å². The lowest BCUT2D eigenvalue weighted by atomic mass is 9.87. The van der Waals surface area contributed by atoms with Crippen LogP contribution in [0.3, 0.4) is 0 Å². The van der Waals surface area contributed by atoms with Gasteiger partial charge in [0.1, 0.15) is 12.7 Å². The lowest BCUT2D eigenvalue weighted by molar-refractivity contribution is 0.0191. The third kappa shape index (κ3) is 5.27. The summed E-state index contributed by atoms with van der Waals surface area (Å²) in [5.41, 5.74) is 0.973. The number of nitrogens with zero attached hydrogens (tertiary/aromatic N) is 3. The number of carbonyl (C=O) groups excluding carboxylic acids is 1. The molecule has 0 radical (unpaired) electrons. The van der Waals surface area contributed by atoms with Crippen molar-refractivity contribution in [3.63, 3.8) is 0 Å². The van der Waals surface area contributed by atoms with Crippen LogP contribution in [0, 0.1) is 5.92 Å². The van der Waals surface area contributed by atoms with E-state index in [1.54, 1.807) is 0 Å². The van der Waals surface area contributed by atoms with E-state index in [0.717, 1.165) is 43.2 Å². The van der Waals surface area contributed by atoms with Gasteiger partial charge in [-0.2, -0.15) is 0 Å². The lowest BCUT2D eigenvalue weighted by Gasteiger charge is -2.41. The minimum Gasteiger partial charge on any atom is -0.486 e. The summed E-state index contributed by atoms with van der Waals surface area (Å²) in [5, 5.41) is 0. The molecule has 3 unspecified atom stereocenters. The monoisotopic (exact) mass is 477 g/mol. The van der Waals surface area contributed by atoms with E-state index in [4.69, 9.17) is 9.47 Å². The second kappa shape index (κ2) is 10.9. The second-order valence-electron chi connectivity index (χ2n) is 10.1. The van der Waals surface area contributed by atoms with Crippen LogP contribution in [-0.4, -0.2) is 66.8 Å². The molecule has 5 rings (SSSR count). The number of carbonyl (C=O) groups is 1. The second-order valence-corrected chi connectivity index (χ2v) is 10.1. The number of rotatable bonds is 8. The number of fused-ring (bicyclic) bond motifs is 3. The fraction of sp³-hybridized carbons (Fsp3) is 0.552. The summed E-state index contributed by atoms with van der Waals surface area (Å²) < 4.78 is 12.2. The van der Waals surface area contributed by atoms with Gasteiger partial charge in [0.2, 0.25) is 0 Å². The number of hydrogen-bond donors (Lipinski definition) is 0. The summed E-state index contributed by atoms with van der Waals surface area (Å²) in [5.74, 6) is 2.41. The molecule has 35 heavy (non-hydrogen) atoms. The lowest BCUT2D eigenvalue weighted by Crippen LogP contribution is -2.50. The van der Waals surface area contributed by atoms with Gasteiger partial charge in [0.15, 0.2) is 11.5 Å². The normalized spacial score (nSPS) is 25.3. The highest BCUT2D eigenvalue weighted by molar-refractivity contribution is 5.91. The average molecular weight is 478 g/mol. The summed E-state index contributed by atoms with van der Waals surface area (Å²) in [6.45, 7) is 7.96. The topological polar surface area (TPSA) is 45.3 Å². The van der Waals surface area contributed by atoms with Gasteiger partial charge in [0.25, 0.3) is 0 Å². The van der Waals surface area contributed by atoms with E-state index < -0.39 is 0 Å². The fourth-order valence-electron chi connectivity index (χ4n) is 6.24. The van der Waals surface area contributed by atoms with Crippen molar-refractivity contribution in [2.45, 2.75) is 64.1 Å². The zero-order chi connectivity index (χ0) is 24.2. The summed E-state index contributed by atoms with van der Waals surface area (Å²) in [7, 11) is 0. The molecule has 2 aromatic rings. The van der Waals surface area contributed by atoms with Gasteiger partial charge >= 0.3 is 6.03 Å². The molecule has 3 heterocycles. The maximum absolute atomic E-state index is 13.3. The first-order valence-electron chi connectivity index (χ1n) is 13.4. The Labute approximate surface area is 209 Å². The van der Waals surface area contributed by atoms with Crippen LogP contribution in [0.25, 0.3) is 0 Å². The smallest absolute Gasteiger partial charge is 0.324 e. The van der Waals surface area contributed by atoms with Gasteiger partial charge in [-0.05, 0) is 76.1 Å². The fourth-order valence-corrected chi connectivity index (χ4v) is 6.24. The van der Waals surface area contributed by atoms with Gasteiger partial charge in [-0.3, -0.25) is 9.80 Å². The number of hydrogen-bond acceptors (Lipinski definition) is 4. The van der Waals surface area contributed by atoms with Crippen LogP contribution in [0.15, 0.2) is 54.6 Å². The molecule has 6 heteroatoms. The first-order valence-corrected chi connectivity index (χ1v) is 13.4. The maximum atomic E-state index is 13.3. The van der Waals surface area contributed by atoms with Crippen LogP contribution in [0.1, 0.15) is 46.0 Å². The number of ether oxygens (including phenoxy) is 2. The summed E-state index contributed by atoms with van der Waals surface area (Å²) in [4.78, 5) is 19.9. The molecule has 2 fully saturated rings. The van der Waals surface area contributed by atoms with Gasteiger partial charge in [-0.15, -0.1) is 0 Å². The first kappa shape index (κ1) is 24.0. The van der Waals surface area contributed by atoms with E-state index in [9.17, 15) is 4.79 Å². The zero-order valence-corrected chi connectivity index (χ0v) is 21.1. The minimum atomic E-state index is 0.0933. The van der Waals surface area contributed by atoms with E-state index >= 15 is 0 Å². The van der Waals surface area contributed by atoms with E-state index in [-0.39, 0.29) is 12.1 Å². The molecule has 0 aromatic heterocycles. The van der Waals surface area contributed by atoms with E-state index in [1.807, 2.05) is 71.3 Å². The SMILES string of the molecule is CCN(CCC1CC2CCC(C1)N2CC1COc2ccccc2O1)C(=O)N(CC)c1ccccc1. The molecule has 0 spiro atoms. The largest absolute Gasteiger partial charge is 0.486 e.